The van der Waals surface area contributed by atoms with Gasteiger partial charge in [0.25, 0.3) is 0 Å². The van der Waals surface area contributed by atoms with Gasteiger partial charge in [-0.2, -0.15) is 0 Å². The Balaban J connectivity index is 1.89. The summed E-state index contributed by atoms with van der Waals surface area (Å²) in [6.45, 7) is 3.66. The van der Waals surface area contributed by atoms with Crippen LogP contribution in [0.5, 0.6) is 0 Å². The van der Waals surface area contributed by atoms with E-state index in [2.05, 4.69) is 9.80 Å². The molecule has 1 saturated carbocycles. The molecule has 0 atom stereocenters. The van der Waals surface area contributed by atoms with E-state index in [-0.39, 0.29) is 4.90 Å². The Morgan fingerprint density at radius 1 is 1.14 bits per heavy atom. The molecule has 2 N–H and O–H groups in total. The first kappa shape index (κ1) is 15.6. The minimum atomic E-state index is -3.55. The lowest BCUT2D eigenvalue weighted by molar-refractivity contribution is 0.248. The van der Waals surface area contributed by atoms with Crippen molar-refractivity contribution in [1.82, 2.24) is 9.21 Å². The first-order chi connectivity index (χ1) is 10.4. The number of nitrogen functional groups attached to an aromatic ring is 1. The van der Waals surface area contributed by atoms with E-state index in [9.17, 15) is 8.42 Å². The minimum absolute atomic E-state index is 0.236. The molecule has 2 aliphatic rings. The third-order valence-corrected chi connectivity index (χ3v) is 6.40. The SMILES string of the molecule is CN(C)S(=O)(=O)c1c(N)cccc1N1CCN(C2CC2)CC1. The van der Waals surface area contributed by atoms with Gasteiger partial charge in [-0.25, -0.2) is 12.7 Å². The average Bonchev–Trinajstić information content (AvgIpc) is 3.31. The Morgan fingerprint density at radius 3 is 2.32 bits per heavy atom. The van der Waals surface area contributed by atoms with Crippen molar-refractivity contribution in [1.29, 1.82) is 0 Å². The Bertz CT molecular complexity index is 648. The minimum Gasteiger partial charge on any atom is -0.398 e. The second-order valence-corrected chi connectivity index (χ2v) is 8.33. The number of hydrogen-bond acceptors (Lipinski definition) is 5. The second kappa shape index (κ2) is 5.72. The summed E-state index contributed by atoms with van der Waals surface area (Å²) in [5.41, 5.74) is 7.04. The molecule has 3 rings (SSSR count). The largest absolute Gasteiger partial charge is 0.398 e. The lowest BCUT2D eigenvalue weighted by atomic mass is 10.2. The molecule has 0 bridgehead atoms. The fourth-order valence-corrected chi connectivity index (χ4v) is 4.21. The molecular formula is C15H24N4O2S. The Hall–Kier alpha value is -1.31. The molecule has 1 heterocycles. The van der Waals surface area contributed by atoms with Gasteiger partial charge in [-0.05, 0) is 25.0 Å². The molecule has 0 aromatic heterocycles. The number of sulfonamides is 1. The van der Waals surface area contributed by atoms with E-state index in [4.69, 9.17) is 5.73 Å². The molecule has 2 fully saturated rings. The van der Waals surface area contributed by atoms with Crippen LogP contribution in [0.25, 0.3) is 0 Å². The summed E-state index contributed by atoms with van der Waals surface area (Å²) in [5.74, 6) is 0. The monoisotopic (exact) mass is 324 g/mol. The van der Waals surface area contributed by atoms with Crippen LogP contribution in [-0.4, -0.2) is 63.9 Å². The highest BCUT2D eigenvalue weighted by molar-refractivity contribution is 7.89. The molecule has 1 saturated heterocycles. The predicted molar refractivity (Wildman–Crippen MR) is 88.5 cm³/mol. The fraction of sp³-hybridized carbons (Fsp3) is 0.600. The molecule has 1 aromatic carbocycles. The summed E-state index contributed by atoms with van der Waals surface area (Å²) in [5, 5.41) is 0. The highest BCUT2D eigenvalue weighted by Crippen LogP contribution is 2.34. The topological polar surface area (TPSA) is 69.9 Å². The molecule has 0 radical (unpaired) electrons. The van der Waals surface area contributed by atoms with Crippen molar-refractivity contribution < 1.29 is 8.42 Å². The number of nitrogens with zero attached hydrogens (tertiary/aromatic N) is 3. The number of rotatable bonds is 4. The van der Waals surface area contributed by atoms with Gasteiger partial charge in [0.1, 0.15) is 4.90 Å². The van der Waals surface area contributed by atoms with Crippen LogP contribution in [0.4, 0.5) is 11.4 Å². The number of benzene rings is 1. The molecule has 22 heavy (non-hydrogen) atoms. The van der Waals surface area contributed by atoms with Crippen LogP contribution < -0.4 is 10.6 Å². The van der Waals surface area contributed by atoms with E-state index >= 15 is 0 Å². The molecule has 122 valence electrons. The van der Waals surface area contributed by atoms with Crippen LogP contribution in [0.3, 0.4) is 0 Å². The fourth-order valence-electron chi connectivity index (χ4n) is 3.02. The smallest absolute Gasteiger partial charge is 0.246 e. The Morgan fingerprint density at radius 2 is 1.77 bits per heavy atom. The molecule has 1 aliphatic carbocycles. The summed E-state index contributed by atoms with van der Waals surface area (Å²) >= 11 is 0. The predicted octanol–water partition coefficient (Wildman–Crippen LogP) is 0.804. The maximum Gasteiger partial charge on any atom is 0.246 e. The first-order valence-corrected chi connectivity index (χ1v) is 9.15. The molecule has 0 unspecified atom stereocenters. The van der Waals surface area contributed by atoms with Crippen molar-refractivity contribution in [3.63, 3.8) is 0 Å². The van der Waals surface area contributed by atoms with E-state index in [1.165, 1.54) is 31.2 Å². The molecule has 1 aliphatic heterocycles. The zero-order valence-corrected chi connectivity index (χ0v) is 14.0. The molecular weight excluding hydrogens is 300 g/mol. The van der Waals surface area contributed by atoms with Crippen molar-refractivity contribution in [3.05, 3.63) is 18.2 Å². The third-order valence-electron chi connectivity index (χ3n) is 4.48. The normalized spacial score (nSPS) is 20.6. The quantitative estimate of drug-likeness (QED) is 0.830. The van der Waals surface area contributed by atoms with Crippen molar-refractivity contribution in [3.8, 4) is 0 Å². The molecule has 1 aromatic rings. The Labute approximate surface area is 132 Å². The Kier molecular flexibility index (Phi) is 4.05. The lowest BCUT2D eigenvalue weighted by Gasteiger charge is -2.37. The summed E-state index contributed by atoms with van der Waals surface area (Å²) in [4.78, 5) is 4.88. The van der Waals surface area contributed by atoms with Gasteiger partial charge in [0.2, 0.25) is 10.0 Å². The van der Waals surface area contributed by atoms with Gasteiger partial charge >= 0.3 is 0 Å². The van der Waals surface area contributed by atoms with Gasteiger partial charge in [-0.3, -0.25) is 4.90 Å². The second-order valence-electron chi connectivity index (χ2n) is 6.24. The number of piperazine rings is 1. The van der Waals surface area contributed by atoms with Crippen LogP contribution in [-0.2, 0) is 10.0 Å². The van der Waals surface area contributed by atoms with Crippen molar-refractivity contribution >= 4 is 21.4 Å². The molecule has 6 nitrogen and oxygen atoms in total. The van der Waals surface area contributed by atoms with Gasteiger partial charge in [0.05, 0.1) is 11.4 Å². The average molecular weight is 324 g/mol. The summed E-state index contributed by atoms with van der Waals surface area (Å²) in [6.07, 6.45) is 2.61. The summed E-state index contributed by atoms with van der Waals surface area (Å²) < 4.78 is 26.4. The van der Waals surface area contributed by atoms with E-state index in [0.29, 0.717) is 5.69 Å². The highest BCUT2D eigenvalue weighted by atomic mass is 32.2. The molecule has 7 heteroatoms. The van der Waals surface area contributed by atoms with Crippen molar-refractivity contribution in [2.75, 3.05) is 50.9 Å². The lowest BCUT2D eigenvalue weighted by Crippen LogP contribution is -2.47. The van der Waals surface area contributed by atoms with Crippen LogP contribution in [0.15, 0.2) is 23.1 Å². The van der Waals surface area contributed by atoms with Crippen LogP contribution in [0.2, 0.25) is 0 Å². The van der Waals surface area contributed by atoms with Crippen LogP contribution >= 0.6 is 0 Å². The summed E-state index contributed by atoms with van der Waals surface area (Å²) in [7, 11) is -0.475. The van der Waals surface area contributed by atoms with Crippen molar-refractivity contribution in [2.45, 2.75) is 23.8 Å². The van der Waals surface area contributed by atoms with Gasteiger partial charge in [-0.1, -0.05) is 6.07 Å². The zero-order chi connectivity index (χ0) is 15.9. The van der Waals surface area contributed by atoms with E-state index < -0.39 is 10.0 Å². The van der Waals surface area contributed by atoms with Crippen molar-refractivity contribution in [2.24, 2.45) is 0 Å². The van der Waals surface area contributed by atoms with Gasteiger partial charge in [-0.15, -0.1) is 0 Å². The van der Waals surface area contributed by atoms with Crippen LogP contribution in [0, 0.1) is 0 Å². The van der Waals surface area contributed by atoms with Gasteiger partial charge in [0.15, 0.2) is 0 Å². The van der Waals surface area contributed by atoms with E-state index in [1.807, 2.05) is 12.1 Å². The summed E-state index contributed by atoms with van der Waals surface area (Å²) in [6, 6.07) is 6.10. The standard InChI is InChI=1S/C15H24N4O2S/c1-17(2)22(20,21)15-13(16)4-3-5-14(15)19-10-8-18(9-11-19)12-6-7-12/h3-5,12H,6-11,16H2,1-2H3. The van der Waals surface area contributed by atoms with Crippen LogP contribution in [0.1, 0.15) is 12.8 Å². The third kappa shape index (κ3) is 2.80. The molecule has 0 amide bonds. The molecule has 0 spiro atoms. The number of nitrogens with two attached hydrogens (primary N) is 1. The zero-order valence-electron chi connectivity index (χ0n) is 13.2. The van der Waals surface area contributed by atoms with Gasteiger partial charge < -0.3 is 10.6 Å². The van der Waals surface area contributed by atoms with Gasteiger partial charge in [0, 0.05) is 46.3 Å². The van der Waals surface area contributed by atoms with E-state index in [0.717, 1.165) is 37.9 Å². The maximum absolute atomic E-state index is 12.6. The number of hydrogen-bond donors (Lipinski definition) is 1. The highest BCUT2D eigenvalue weighted by Gasteiger charge is 2.33. The number of anilines is 2. The maximum atomic E-state index is 12.6. The van der Waals surface area contributed by atoms with E-state index in [1.54, 1.807) is 6.07 Å². The first-order valence-electron chi connectivity index (χ1n) is 7.71.